The van der Waals surface area contributed by atoms with E-state index < -0.39 is 0 Å². The van der Waals surface area contributed by atoms with Crippen molar-refractivity contribution in [2.75, 3.05) is 19.0 Å². The van der Waals surface area contributed by atoms with E-state index in [0.717, 1.165) is 31.1 Å². The third kappa shape index (κ3) is 3.11. The third-order valence-corrected chi connectivity index (χ3v) is 2.95. The number of aromatic nitrogens is 2. The van der Waals surface area contributed by atoms with Gasteiger partial charge in [0.1, 0.15) is 5.82 Å². The third-order valence-electron chi connectivity index (χ3n) is 2.95. The van der Waals surface area contributed by atoms with Crippen molar-refractivity contribution < 1.29 is 4.74 Å². The normalized spacial score (nSPS) is 10.6. The predicted octanol–water partition coefficient (Wildman–Crippen LogP) is 2.22. The molecule has 0 radical (unpaired) electrons. The second-order valence-corrected chi connectivity index (χ2v) is 4.21. The molecular formula is C14H19N3O. The molecule has 0 aliphatic heterocycles. The Balaban J connectivity index is 2.02. The molecule has 1 N–H and O–H groups in total. The number of methoxy groups -OCH3 is 1. The molecule has 18 heavy (non-hydrogen) atoms. The van der Waals surface area contributed by atoms with E-state index in [9.17, 15) is 0 Å². The smallest absolute Gasteiger partial charge is 0.127 e. The topological polar surface area (TPSA) is 39.1 Å². The number of anilines is 1. The van der Waals surface area contributed by atoms with Crippen LogP contribution < -0.4 is 5.32 Å². The van der Waals surface area contributed by atoms with E-state index in [1.807, 2.05) is 30.1 Å². The van der Waals surface area contributed by atoms with Crippen molar-refractivity contribution in [2.45, 2.75) is 13.0 Å². The summed E-state index contributed by atoms with van der Waals surface area (Å²) in [6.45, 7) is 1.47. The van der Waals surface area contributed by atoms with Gasteiger partial charge in [-0.25, -0.2) is 4.98 Å². The molecule has 0 saturated carbocycles. The van der Waals surface area contributed by atoms with Gasteiger partial charge in [0.2, 0.25) is 0 Å². The van der Waals surface area contributed by atoms with E-state index in [2.05, 4.69) is 28.5 Å². The van der Waals surface area contributed by atoms with Crippen LogP contribution in [0.25, 0.3) is 0 Å². The first kappa shape index (κ1) is 12.6. The van der Waals surface area contributed by atoms with Crippen LogP contribution in [0.1, 0.15) is 11.4 Å². The maximum absolute atomic E-state index is 5.13. The number of ether oxygens (including phenoxy) is 1. The molecule has 0 amide bonds. The molecule has 0 saturated heterocycles. The first-order valence-corrected chi connectivity index (χ1v) is 6.08. The minimum Gasteiger partial charge on any atom is -0.384 e. The summed E-state index contributed by atoms with van der Waals surface area (Å²) in [5, 5.41) is 3.43. The van der Waals surface area contributed by atoms with Gasteiger partial charge in [-0.1, -0.05) is 18.2 Å². The molecule has 0 bridgehead atoms. The summed E-state index contributed by atoms with van der Waals surface area (Å²) >= 11 is 0. The number of aryl methyl sites for hydroxylation is 1. The van der Waals surface area contributed by atoms with E-state index in [4.69, 9.17) is 4.74 Å². The number of imidazole rings is 1. The van der Waals surface area contributed by atoms with Gasteiger partial charge in [-0.3, -0.25) is 0 Å². The molecule has 96 valence electrons. The summed E-state index contributed by atoms with van der Waals surface area (Å²) in [6.07, 6.45) is 4.68. The zero-order valence-corrected chi connectivity index (χ0v) is 10.9. The molecule has 0 aliphatic rings. The molecule has 1 heterocycles. The van der Waals surface area contributed by atoms with E-state index >= 15 is 0 Å². The van der Waals surface area contributed by atoms with Gasteiger partial charge in [0.05, 0.1) is 13.2 Å². The molecule has 1 aromatic heterocycles. The summed E-state index contributed by atoms with van der Waals surface area (Å²) in [5.74, 6) is 1.02. The number of hydrogen-bond donors (Lipinski definition) is 1. The van der Waals surface area contributed by atoms with Crippen molar-refractivity contribution in [1.29, 1.82) is 0 Å². The fraction of sp³-hybridized carbons (Fsp3) is 0.357. The number of benzene rings is 1. The second-order valence-electron chi connectivity index (χ2n) is 4.21. The van der Waals surface area contributed by atoms with Crippen LogP contribution in [0.2, 0.25) is 0 Å². The Bertz CT molecular complexity index is 493. The lowest BCUT2D eigenvalue weighted by molar-refractivity contribution is 0.202. The van der Waals surface area contributed by atoms with Crippen molar-refractivity contribution in [2.24, 2.45) is 7.05 Å². The molecular weight excluding hydrogens is 226 g/mol. The number of nitrogens with zero attached hydrogens (tertiary/aromatic N) is 2. The van der Waals surface area contributed by atoms with Crippen LogP contribution in [0.3, 0.4) is 0 Å². The van der Waals surface area contributed by atoms with Crippen LogP contribution in [0, 0.1) is 0 Å². The molecule has 4 nitrogen and oxygen atoms in total. The molecule has 0 aliphatic carbocycles. The highest BCUT2D eigenvalue weighted by Gasteiger charge is 2.03. The molecule has 0 atom stereocenters. The monoisotopic (exact) mass is 245 g/mol. The van der Waals surface area contributed by atoms with Crippen molar-refractivity contribution in [3.63, 3.8) is 0 Å². The lowest BCUT2D eigenvalue weighted by atomic mass is 10.1. The highest BCUT2D eigenvalue weighted by molar-refractivity contribution is 5.51. The van der Waals surface area contributed by atoms with Crippen molar-refractivity contribution in [3.05, 3.63) is 48.0 Å². The summed E-state index contributed by atoms with van der Waals surface area (Å²) in [7, 11) is 3.73. The largest absolute Gasteiger partial charge is 0.384 e. The molecule has 1 aromatic carbocycles. The summed E-state index contributed by atoms with van der Waals surface area (Å²) in [5.41, 5.74) is 2.42. The molecule has 2 rings (SSSR count). The molecule has 4 heteroatoms. The van der Waals surface area contributed by atoms with Crippen LogP contribution >= 0.6 is 0 Å². The SMILES string of the molecule is COCCc1ccccc1NCc1nccn1C. The maximum atomic E-state index is 5.13. The van der Waals surface area contributed by atoms with Crippen molar-refractivity contribution in [1.82, 2.24) is 9.55 Å². The van der Waals surface area contributed by atoms with Gasteiger partial charge in [-0.15, -0.1) is 0 Å². The highest BCUT2D eigenvalue weighted by atomic mass is 16.5. The van der Waals surface area contributed by atoms with Crippen LogP contribution in [-0.2, 0) is 24.8 Å². The molecule has 0 spiro atoms. The average Bonchev–Trinajstić information content (AvgIpc) is 2.80. The first-order chi connectivity index (χ1) is 8.81. The fourth-order valence-corrected chi connectivity index (χ4v) is 1.86. The van der Waals surface area contributed by atoms with Gasteiger partial charge >= 0.3 is 0 Å². The number of rotatable bonds is 6. The number of hydrogen-bond acceptors (Lipinski definition) is 3. The second kappa shape index (κ2) is 6.21. The van der Waals surface area contributed by atoms with Gasteiger partial charge in [-0.2, -0.15) is 0 Å². The summed E-state index contributed by atoms with van der Waals surface area (Å²) in [4.78, 5) is 4.30. The Labute approximate surface area is 108 Å². The quantitative estimate of drug-likeness (QED) is 0.848. The molecule has 2 aromatic rings. The van der Waals surface area contributed by atoms with Crippen LogP contribution in [0.5, 0.6) is 0 Å². The Morgan fingerprint density at radius 1 is 1.33 bits per heavy atom. The number of para-hydroxylation sites is 1. The lowest BCUT2D eigenvalue weighted by Gasteiger charge is -2.11. The van der Waals surface area contributed by atoms with Crippen LogP contribution in [0.4, 0.5) is 5.69 Å². The van der Waals surface area contributed by atoms with Crippen LogP contribution in [0.15, 0.2) is 36.7 Å². The first-order valence-electron chi connectivity index (χ1n) is 6.08. The highest BCUT2D eigenvalue weighted by Crippen LogP contribution is 2.16. The lowest BCUT2D eigenvalue weighted by Crippen LogP contribution is -2.08. The Kier molecular flexibility index (Phi) is 4.36. The van der Waals surface area contributed by atoms with Crippen molar-refractivity contribution in [3.8, 4) is 0 Å². The Morgan fingerprint density at radius 3 is 2.89 bits per heavy atom. The average molecular weight is 245 g/mol. The van der Waals surface area contributed by atoms with E-state index in [-0.39, 0.29) is 0 Å². The standard InChI is InChI=1S/C14H19N3O/c1-17-9-8-15-14(17)11-16-13-6-4-3-5-12(13)7-10-18-2/h3-6,8-9,16H,7,10-11H2,1-2H3. The minimum absolute atomic E-state index is 0.730. The fourth-order valence-electron chi connectivity index (χ4n) is 1.86. The van der Waals surface area contributed by atoms with Crippen LogP contribution in [-0.4, -0.2) is 23.3 Å². The van der Waals surface area contributed by atoms with Gasteiger partial charge in [0.15, 0.2) is 0 Å². The summed E-state index contributed by atoms with van der Waals surface area (Å²) < 4.78 is 7.14. The van der Waals surface area contributed by atoms with Gasteiger partial charge in [0, 0.05) is 32.2 Å². The van der Waals surface area contributed by atoms with Gasteiger partial charge in [-0.05, 0) is 18.1 Å². The Hall–Kier alpha value is -1.81. The van der Waals surface area contributed by atoms with E-state index in [1.54, 1.807) is 7.11 Å². The zero-order valence-electron chi connectivity index (χ0n) is 10.9. The van der Waals surface area contributed by atoms with E-state index in [0.29, 0.717) is 0 Å². The van der Waals surface area contributed by atoms with E-state index in [1.165, 1.54) is 5.56 Å². The molecule has 0 fully saturated rings. The molecule has 0 unspecified atom stereocenters. The van der Waals surface area contributed by atoms with Gasteiger partial charge in [0.25, 0.3) is 0 Å². The van der Waals surface area contributed by atoms with Crippen molar-refractivity contribution >= 4 is 5.69 Å². The Morgan fingerprint density at radius 2 is 2.17 bits per heavy atom. The zero-order chi connectivity index (χ0) is 12.8. The maximum Gasteiger partial charge on any atom is 0.127 e. The number of nitrogens with one attached hydrogen (secondary N) is 1. The minimum atomic E-state index is 0.730. The summed E-state index contributed by atoms with van der Waals surface area (Å²) in [6, 6.07) is 8.31. The van der Waals surface area contributed by atoms with Gasteiger partial charge < -0.3 is 14.6 Å². The predicted molar refractivity (Wildman–Crippen MR) is 72.6 cm³/mol.